The van der Waals surface area contributed by atoms with Gasteiger partial charge in [0.1, 0.15) is 11.6 Å². The van der Waals surface area contributed by atoms with E-state index in [1.54, 1.807) is 0 Å². The van der Waals surface area contributed by atoms with Gasteiger partial charge in [-0.15, -0.1) is 24.8 Å². The zero-order valence-electron chi connectivity index (χ0n) is 11.4. The Morgan fingerprint density at radius 3 is 2.33 bits per heavy atom. The second-order valence-corrected chi connectivity index (χ2v) is 5.73. The fourth-order valence-electron chi connectivity index (χ4n) is 2.90. The molecule has 0 unspecified atom stereocenters. The summed E-state index contributed by atoms with van der Waals surface area (Å²) in [6.45, 7) is 3.39. The molecule has 1 atom stereocenters. The van der Waals surface area contributed by atoms with Crippen LogP contribution in [0.2, 0.25) is 5.02 Å². The van der Waals surface area contributed by atoms with Gasteiger partial charge in [0.05, 0.1) is 5.02 Å². The minimum atomic E-state index is -0.586. The maximum Gasteiger partial charge on any atom is 0.149 e. The Bertz CT molecular complexity index is 478. The molecule has 0 spiro atoms. The molecule has 3 rings (SSSR count). The Labute approximate surface area is 141 Å². The molecule has 0 amide bonds. The van der Waals surface area contributed by atoms with Crippen molar-refractivity contribution >= 4 is 36.4 Å². The molecule has 2 nitrogen and oxygen atoms in total. The molecule has 1 saturated heterocycles. The number of nitrogens with one attached hydrogen (secondary N) is 1. The number of piperazine rings is 1. The lowest BCUT2D eigenvalue weighted by Crippen LogP contribution is -2.46. The van der Waals surface area contributed by atoms with Crippen molar-refractivity contribution in [3.8, 4) is 0 Å². The van der Waals surface area contributed by atoms with Crippen molar-refractivity contribution in [2.45, 2.75) is 18.9 Å². The van der Waals surface area contributed by atoms with Crippen LogP contribution in [0.1, 0.15) is 24.4 Å². The molecule has 1 aliphatic carbocycles. The van der Waals surface area contributed by atoms with E-state index in [1.807, 2.05) is 0 Å². The molecular weight excluding hydrogens is 341 g/mol. The monoisotopic (exact) mass is 358 g/mol. The predicted octanol–water partition coefficient (Wildman–Crippen LogP) is 3.82. The predicted molar refractivity (Wildman–Crippen MR) is 85.8 cm³/mol. The lowest BCUT2D eigenvalue weighted by Gasteiger charge is -2.35. The summed E-state index contributed by atoms with van der Waals surface area (Å²) >= 11 is 5.82. The molecule has 7 heteroatoms. The number of hydrogen-bond acceptors (Lipinski definition) is 2. The summed E-state index contributed by atoms with van der Waals surface area (Å²) in [6.07, 6.45) is 2.08. The van der Waals surface area contributed by atoms with Crippen LogP contribution in [-0.4, -0.2) is 31.1 Å². The normalized spacial score (nSPS) is 20.3. The molecule has 1 aromatic carbocycles. The van der Waals surface area contributed by atoms with E-state index in [-0.39, 0.29) is 41.4 Å². The molecule has 0 aromatic heterocycles. The Balaban J connectivity index is 0.00000110. The summed E-state index contributed by atoms with van der Waals surface area (Å²) < 4.78 is 28.3. The lowest BCUT2D eigenvalue weighted by molar-refractivity contribution is 0.149. The zero-order valence-corrected chi connectivity index (χ0v) is 13.8. The number of rotatable bonds is 3. The molecule has 120 valence electrons. The highest BCUT2D eigenvalue weighted by Gasteiger charge is 2.40. The van der Waals surface area contributed by atoms with Crippen molar-refractivity contribution in [3.05, 3.63) is 34.4 Å². The van der Waals surface area contributed by atoms with Gasteiger partial charge in [-0.05, 0) is 30.9 Å². The third-order valence-electron chi connectivity index (χ3n) is 3.99. The molecular formula is C14H19Cl3F2N2. The third-order valence-corrected chi connectivity index (χ3v) is 4.28. The molecule has 21 heavy (non-hydrogen) atoms. The summed E-state index contributed by atoms with van der Waals surface area (Å²) in [5.41, 5.74) is 0.164. The Morgan fingerprint density at radius 2 is 1.76 bits per heavy atom. The second-order valence-electron chi connectivity index (χ2n) is 5.33. The molecule has 0 bridgehead atoms. The van der Waals surface area contributed by atoms with E-state index in [9.17, 15) is 8.78 Å². The van der Waals surface area contributed by atoms with Crippen LogP contribution in [0.25, 0.3) is 0 Å². The van der Waals surface area contributed by atoms with Gasteiger partial charge in [-0.1, -0.05) is 11.6 Å². The molecule has 2 aliphatic rings. The molecule has 1 aromatic rings. The minimum absolute atomic E-state index is 0. The van der Waals surface area contributed by atoms with Crippen LogP contribution in [0.5, 0.6) is 0 Å². The van der Waals surface area contributed by atoms with Gasteiger partial charge in [0, 0.05) is 37.8 Å². The molecule has 1 aliphatic heterocycles. The van der Waals surface area contributed by atoms with Crippen LogP contribution in [0, 0.1) is 17.6 Å². The highest BCUT2D eigenvalue weighted by molar-refractivity contribution is 6.30. The van der Waals surface area contributed by atoms with Crippen LogP contribution in [0.4, 0.5) is 8.78 Å². The van der Waals surface area contributed by atoms with Crippen molar-refractivity contribution in [2.24, 2.45) is 5.92 Å². The van der Waals surface area contributed by atoms with Crippen LogP contribution < -0.4 is 5.32 Å². The second kappa shape index (κ2) is 7.93. The lowest BCUT2D eigenvalue weighted by atomic mass is 9.98. The van der Waals surface area contributed by atoms with E-state index in [2.05, 4.69) is 10.2 Å². The topological polar surface area (TPSA) is 15.3 Å². The maximum absolute atomic E-state index is 14.2. The van der Waals surface area contributed by atoms with Crippen LogP contribution in [0.3, 0.4) is 0 Å². The fraction of sp³-hybridized carbons (Fsp3) is 0.571. The van der Waals surface area contributed by atoms with E-state index >= 15 is 0 Å². The molecule has 1 N–H and O–H groups in total. The summed E-state index contributed by atoms with van der Waals surface area (Å²) in [7, 11) is 0. The highest BCUT2D eigenvalue weighted by Crippen LogP contribution is 2.46. The number of halogens is 5. The zero-order chi connectivity index (χ0) is 13.4. The first-order valence-electron chi connectivity index (χ1n) is 6.76. The Kier molecular flexibility index (Phi) is 7.14. The first-order chi connectivity index (χ1) is 9.18. The van der Waals surface area contributed by atoms with E-state index in [0.29, 0.717) is 5.92 Å². The number of benzene rings is 1. The van der Waals surface area contributed by atoms with Crippen molar-refractivity contribution in [1.29, 1.82) is 0 Å². The minimum Gasteiger partial charge on any atom is -0.314 e. The van der Waals surface area contributed by atoms with Crippen molar-refractivity contribution < 1.29 is 8.78 Å². The van der Waals surface area contributed by atoms with E-state index in [0.717, 1.165) is 39.0 Å². The molecule has 2 fully saturated rings. The van der Waals surface area contributed by atoms with Crippen molar-refractivity contribution in [3.63, 3.8) is 0 Å². The molecule has 0 radical (unpaired) electrons. The van der Waals surface area contributed by atoms with Gasteiger partial charge in [0.25, 0.3) is 0 Å². The first kappa shape index (κ1) is 18.9. The van der Waals surface area contributed by atoms with E-state index in [1.165, 1.54) is 12.1 Å². The van der Waals surface area contributed by atoms with Gasteiger partial charge in [0.15, 0.2) is 0 Å². The average molecular weight is 360 g/mol. The van der Waals surface area contributed by atoms with Gasteiger partial charge in [-0.3, -0.25) is 4.90 Å². The van der Waals surface area contributed by atoms with Crippen molar-refractivity contribution in [2.75, 3.05) is 26.2 Å². The number of nitrogens with zero attached hydrogens (tertiary/aromatic N) is 1. The Morgan fingerprint density at radius 1 is 1.14 bits per heavy atom. The fourth-order valence-corrected chi connectivity index (χ4v) is 3.07. The highest BCUT2D eigenvalue weighted by atomic mass is 35.5. The largest absolute Gasteiger partial charge is 0.314 e. The van der Waals surface area contributed by atoms with Gasteiger partial charge in [-0.2, -0.15) is 0 Å². The quantitative estimate of drug-likeness (QED) is 0.825. The summed E-state index contributed by atoms with van der Waals surface area (Å²) in [4.78, 5) is 2.19. The summed E-state index contributed by atoms with van der Waals surface area (Å²) in [5.74, 6) is -0.699. The standard InChI is InChI=1S/C14H17ClF2N2.2ClH/c15-10-3-4-11(16)12(13(10)17)14(9-1-2-9)19-7-5-18-6-8-19;;/h3-4,9,14,18H,1-2,5-8H2;2*1H/t14-;;/m0../s1. The Hall–Kier alpha value is -0.130. The average Bonchev–Trinajstić information content (AvgIpc) is 3.24. The van der Waals surface area contributed by atoms with Gasteiger partial charge in [-0.25, -0.2) is 8.78 Å². The van der Waals surface area contributed by atoms with Crippen molar-refractivity contribution in [1.82, 2.24) is 10.2 Å². The first-order valence-corrected chi connectivity index (χ1v) is 7.14. The van der Waals surface area contributed by atoms with Gasteiger partial charge in [0.2, 0.25) is 0 Å². The third kappa shape index (κ3) is 3.99. The van der Waals surface area contributed by atoms with E-state index in [4.69, 9.17) is 11.6 Å². The molecule has 1 heterocycles. The van der Waals surface area contributed by atoms with Gasteiger partial charge < -0.3 is 5.32 Å². The summed E-state index contributed by atoms with van der Waals surface area (Å²) in [6, 6.07) is 2.40. The number of hydrogen-bond donors (Lipinski definition) is 1. The van der Waals surface area contributed by atoms with Gasteiger partial charge >= 0.3 is 0 Å². The summed E-state index contributed by atoms with van der Waals surface area (Å²) in [5, 5.41) is 3.28. The molecule has 1 saturated carbocycles. The van der Waals surface area contributed by atoms with Crippen LogP contribution in [0.15, 0.2) is 12.1 Å². The van der Waals surface area contributed by atoms with Crippen LogP contribution in [-0.2, 0) is 0 Å². The maximum atomic E-state index is 14.2. The van der Waals surface area contributed by atoms with E-state index < -0.39 is 11.6 Å². The van der Waals surface area contributed by atoms with Crippen LogP contribution >= 0.6 is 36.4 Å². The SMILES string of the molecule is Cl.Cl.Fc1ccc(Cl)c(F)c1[C@H](C1CC1)N1CCNCC1. The smallest absolute Gasteiger partial charge is 0.149 e.